The van der Waals surface area contributed by atoms with Gasteiger partial charge in [0.1, 0.15) is 5.41 Å². The number of rotatable bonds is 0. The molecule has 0 N–H and O–H groups in total. The van der Waals surface area contributed by atoms with Crippen LogP contribution in [0.5, 0.6) is 0 Å². The summed E-state index contributed by atoms with van der Waals surface area (Å²) in [6.07, 6.45) is 3.55. The first-order valence-electron chi connectivity index (χ1n) is 4.35. The van der Waals surface area contributed by atoms with Crippen molar-refractivity contribution in [1.82, 2.24) is 0 Å². The number of hydrogen-bond acceptors (Lipinski definition) is 3. The number of fused-ring (bicyclic) bond motifs is 1. The van der Waals surface area contributed by atoms with Gasteiger partial charge in [-0.1, -0.05) is 32.9 Å². The molecule has 70 valence electrons. The summed E-state index contributed by atoms with van der Waals surface area (Å²) in [5, 5.41) is 0. The van der Waals surface area contributed by atoms with E-state index in [0.717, 1.165) is 0 Å². The lowest BCUT2D eigenvalue weighted by Gasteiger charge is -2.43. The van der Waals surface area contributed by atoms with Crippen LogP contribution in [0.3, 0.4) is 0 Å². The summed E-state index contributed by atoms with van der Waals surface area (Å²) in [4.78, 5) is 22.7. The summed E-state index contributed by atoms with van der Waals surface area (Å²) in [5.74, 6) is -1.14. The van der Waals surface area contributed by atoms with Gasteiger partial charge in [-0.25, -0.2) is 0 Å². The molecular formula is C10H12O3. The van der Waals surface area contributed by atoms with Gasteiger partial charge in [0, 0.05) is 0 Å². The Labute approximate surface area is 76.8 Å². The van der Waals surface area contributed by atoms with Crippen LogP contribution < -0.4 is 0 Å². The molecule has 0 aromatic rings. The van der Waals surface area contributed by atoms with Crippen molar-refractivity contribution in [3.63, 3.8) is 0 Å². The van der Waals surface area contributed by atoms with Gasteiger partial charge in [0.25, 0.3) is 0 Å². The lowest BCUT2D eigenvalue weighted by molar-refractivity contribution is -0.155. The highest BCUT2D eigenvalue weighted by atomic mass is 16.6. The topological polar surface area (TPSA) is 43.4 Å². The van der Waals surface area contributed by atoms with Crippen molar-refractivity contribution in [3.05, 3.63) is 12.2 Å². The van der Waals surface area contributed by atoms with Gasteiger partial charge in [0.2, 0.25) is 0 Å². The molecule has 1 saturated heterocycles. The van der Waals surface area contributed by atoms with E-state index in [1.807, 2.05) is 20.8 Å². The first kappa shape index (κ1) is 8.48. The van der Waals surface area contributed by atoms with E-state index < -0.39 is 17.4 Å². The van der Waals surface area contributed by atoms with Crippen molar-refractivity contribution in [2.75, 3.05) is 0 Å². The lowest BCUT2D eigenvalue weighted by Crippen LogP contribution is -2.47. The van der Waals surface area contributed by atoms with Gasteiger partial charge in [-0.05, 0) is 5.41 Å². The highest BCUT2D eigenvalue weighted by Crippen LogP contribution is 2.56. The Kier molecular flexibility index (Phi) is 1.32. The number of hydrogen-bond donors (Lipinski definition) is 0. The fourth-order valence-electron chi connectivity index (χ4n) is 2.11. The van der Waals surface area contributed by atoms with Gasteiger partial charge >= 0.3 is 11.9 Å². The summed E-state index contributed by atoms with van der Waals surface area (Å²) >= 11 is 0. The van der Waals surface area contributed by atoms with Crippen LogP contribution in [0.1, 0.15) is 20.8 Å². The molecule has 2 aliphatic rings. The predicted molar refractivity (Wildman–Crippen MR) is 45.6 cm³/mol. The Bertz CT molecular complexity index is 322. The predicted octanol–water partition coefficient (Wildman–Crippen LogP) is 1.29. The fraction of sp³-hybridized carbons (Fsp3) is 0.600. The zero-order valence-corrected chi connectivity index (χ0v) is 7.96. The van der Waals surface area contributed by atoms with Gasteiger partial charge in [0.05, 0.1) is 5.92 Å². The Hall–Kier alpha value is -1.12. The largest absolute Gasteiger partial charge is 0.392 e. The highest BCUT2D eigenvalue weighted by Gasteiger charge is 2.65. The number of cyclic esters (lactones) is 2. The van der Waals surface area contributed by atoms with Crippen LogP contribution in [0.4, 0.5) is 0 Å². The number of carbonyl (C=O) groups excluding carboxylic acids is 2. The van der Waals surface area contributed by atoms with Crippen molar-refractivity contribution >= 4 is 11.9 Å². The Morgan fingerprint density at radius 1 is 1.38 bits per heavy atom. The van der Waals surface area contributed by atoms with Crippen LogP contribution in [0.15, 0.2) is 12.2 Å². The monoisotopic (exact) mass is 180 g/mol. The van der Waals surface area contributed by atoms with Gasteiger partial charge in [-0.2, -0.15) is 0 Å². The fourth-order valence-corrected chi connectivity index (χ4v) is 2.11. The highest BCUT2D eigenvalue weighted by molar-refractivity contribution is 6.04. The summed E-state index contributed by atoms with van der Waals surface area (Å²) in [6, 6.07) is 0. The van der Waals surface area contributed by atoms with Gasteiger partial charge in [0.15, 0.2) is 0 Å². The Morgan fingerprint density at radius 2 is 2.00 bits per heavy atom. The molecule has 2 atom stereocenters. The molecule has 0 radical (unpaired) electrons. The molecule has 3 nitrogen and oxygen atoms in total. The van der Waals surface area contributed by atoms with E-state index in [2.05, 4.69) is 4.74 Å². The van der Waals surface area contributed by atoms with Crippen molar-refractivity contribution in [2.24, 2.45) is 16.7 Å². The van der Waals surface area contributed by atoms with Crippen LogP contribution in [-0.4, -0.2) is 11.9 Å². The number of ether oxygens (including phenoxy) is 1. The molecule has 2 unspecified atom stereocenters. The smallest absolute Gasteiger partial charge is 0.325 e. The summed E-state index contributed by atoms with van der Waals surface area (Å²) in [5.41, 5.74) is -0.945. The molecule has 0 spiro atoms. The molecule has 1 heterocycles. The summed E-state index contributed by atoms with van der Waals surface area (Å²) < 4.78 is 4.64. The van der Waals surface area contributed by atoms with E-state index in [0.29, 0.717) is 0 Å². The van der Waals surface area contributed by atoms with E-state index in [1.54, 1.807) is 12.2 Å². The molecule has 0 aromatic carbocycles. The second-order valence-electron chi connectivity index (χ2n) is 4.66. The molecule has 13 heavy (non-hydrogen) atoms. The van der Waals surface area contributed by atoms with Gasteiger partial charge < -0.3 is 4.74 Å². The normalized spacial score (nSPS) is 37.0. The van der Waals surface area contributed by atoms with Crippen molar-refractivity contribution in [2.45, 2.75) is 20.8 Å². The van der Waals surface area contributed by atoms with Crippen LogP contribution in [-0.2, 0) is 14.3 Å². The van der Waals surface area contributed by atoms with Gasteiger partial charge in [-0.15, -0.1) is 0 Å². The Morgan fingerprint density at radius 3 is 2.23 bits per heavy atom. The van der Waals surface area contributed by atoms with Crippen molar-refractivity contribution < 1.29 is 14.3 Å². The third-order valence-electron chi connectivity index (χ3n) is 3.07. The third-order valence-corrected chi connectivity index (χ3v) is 3.07. The SMILES string of the molecule is CC(C)(C)C12C=CC1C(=O)OC2=O. The van der Waals surface area contributed by atoms with E-state index in [-0.39, 0.29) is 11.3 Å². The second kappa shape index (κ2) is 2.03. The van der Waals surface area contributed by atoms with Crippen molar-refractivity contribution in [1.29, 1.82) is 0 Å². The van der Waals surface area contributed by atoms with Crippen LogP contribution in [0.2, 0.25) is 0 Å². The molecule has 2 rings (SSSR count). The Balaban J connectivity index is 2.50. The molecular weight excluding hydrogens is 168 g/mol. The second-order valence-corrected chi connectivity index (χ2v) is 4.66. The van der Waals surface area contributed by atoms with E-state index in [4.69, 9.17) is 0 Å². The lowest BCUT2D eigenvalue weighted by atomic mass is 9.55. The van der Waals surface area contributed by atoms with Gasteiger partial charge in [-0.3, -0.25) is 9.59 Å². The summed E-state index contributed by atoms with van der Waals surface area (Å²) in [7, 11) is 0. The molecule has 0 amide bonds. The first-order valence-corrected chi connectivity index (χ1v) is 4.35. The van der Waals surface area contributed by atoms with Crippen LogP contribution in [0, 0.1) is 16.7 Å². The van der Waals surface area contributed by atoms with Crippen LogP contribution >= 0.6 is 0 Å². The minimum Gasteiger partial charge on any atom is -0.392 e. The zero-order chi connectivity index (χ0) is 9.85. The molecule has 0 aromatic heterocycles. The van der Waals surface area contributed by atoms with Crippen molar-refractivity contribution in [3.8, 4) is 0 Å². The molecule has 1 fully saturated rings. The van der Waals surface area contributed by atoms with E-state index >= 15 is 0 Å². The molecule has 0 bridgehead atoms. The van der Waals surface area contributed by atoms with E-state index in [1.165, 1.54) is 0 Å². The number of carbonyl (C=O) groups is 2. The molecule has 1 aliphatic carbocycles. The molecule has 1 aliphatic heterocycles. The maximum atomic E-state index is 11.5. The average Bonchev–Trinajstić information content (AvgIpc) is 1.93. The minimum absolute atomic E-state index is 0.254. The van der Waals surface area contributed by atoms with E-state index in [9.17, 15) is 9.59 Å². The standard InChI is InChI=1S/C10H12O3/c1-9(2,3)10-5-4-6(10)7(11)13-8(10)12/h4-6H,1-3H3. The minimum atomic E-state index is -0.690. The summed E-state index contributed by atoms with van der Waals surface area (Å²) in [6.45, 7) is 5.84. The third kappa shape index (κ3) is 0.747. The quantitative estimate of drug-likeness (QED) is 0.320. The zero-order valence-electron chi connectivity index (χ0n) is 7.96. The average molecular weight is 180 g/mol. The number of esters is 2. The molecule has 0 saturated carbocycles. The van der Waals surface area contributed by atoms with Crippen LogP contribution in [0.25, 0.3) is 0 Å². The maximum Gasteiger partial charge on any atom is 0.325 e. The maximum absolute atomic E-state index is 11.5. The first-order chi connectivity index (χ1) is 5.89. The molecule has 3 heteroatoms.